The molecule has 3 heterocycles. The SMILES string of the molecule is Cc1cccc(CNC(=O)c2nn(CCO)c3c2CN(Cc2c[nH]c4ccccc24)CC3)c1. The maximum Gasteiger partial charge on any atom is 0.272 e. The van der Waals surface area contributed by atoms with Gasteiger partial charge in [0.05, 0.1) is 13.2 Å². The van der Waals surface area contributed by atoms with Gasteiger partial charge in [0.15, 0.2) is 5.69 Å². The molecule has 0 saturated carbocycles. The zero-order valence-corrected chi connectivity index (χ0v) is 18.8. The number of hydrogen-bond donors (Lipinski definition) is 3. The first-order chi connectivity index (χ1) is 16.1. The number of aryl methyl sites for hydroxylation is 1. The van der Waals surface area contributed by atoms with Crippen LogP contribution in [0, 0.1) is 6.92 Å². The van der Waals surface area contributed by atoms with Crippen LogP contribution in [0.4, 0.5) is 0 Å². The number of nitrogens with zero attached hydrogens (tertiary/aromatic N) is 3. The lowest BCUT2D eigenvalue weighted by molar-refractivity contribution is 0.0942. The second-order valence-electron chi connectivity index (χ2n) is 8.71. The third-order valence-corrected chi connectivity index (χ3v) is 6.34. The molecule has 0 radical (unpaired) electrons. The lowest BCUT2D eigenvalue weighted by atomic mass is 10.0. The van der Waals surface area contributed by atoms with Crippen LogP contribution in [-0.4, -0.2) is 43.8 Å². The third-order valence-electron chi connectivity index (χ3n) is 6.34. The second-order valence-corrected chi connectivity index (χ2v) is 8.71. The quantitative estimate of drug-likeness (QED) is 0.410. The lowest BCUT2D eigenvalue weighted by Crippen LogP contribution is -2.32. The molecule has 0 fully saturated rings. The fourth-order valence-corrected chi connectivity index (χ4v) is 4.74. The molecule has 33 heavy (non-hydrogen) atoms. The number of rotatable bonds is 7. The van der Waals surface area contributed by atoms with Crippen LogP contribution in [0.2, 0.25) is 0 Å². The van der Waals surface area contributed by atoms with Gasteiger partial charge in [-0.15, -0.1) is 0 Å². The highest BCUT2D eigenvalue weighted by Crippen LogP contribution is 2.26. The van der Waals surface area contributed by atoms with Crippen molar-refractivity contribution in [2.75, 3.05) is 13.2 Å². The summed E-state index contributed by atoms with van der Waals surface area (Å²) in [6.07, 6.45) is 2.88. The maximum absolute atomic E-state index is 13.1. The van der Waals surface area contributed by atoms with Crippen LogP contribution in [-0.2, 0) is 32.6 Å². The Morgan fingerprint density at radius 1 is 1.21 bits per heavy atom. The Labute approximate surface area is 193 Å². The molecule has 2 aromatic heterocycles. The molecule has 0 aliphatic carbocycles. The normalized spacial score (nSPS) is 13.9. The summed E-state index contributed by atoms with van der Waals surface area (Å²) in [5, 5.41) is 18.4. The summed E-state index contributed by atoms with van der Waals surface area (Å²) >= 11 is 0. The number of hydrogen-bond acceptors (Lipinski definition) is 4. The summed E-state index contributed by atoms with van der Waals surface area (Å²) in [4.78, 5) is 18.8. The van der Waals surface area contributed by atoms with Gasteiger partial charge in [-0.05, 0) is 24.1 Å². The summed E-state index contributed by atoms with van der Waals surface area (Å²) < 4.78 is 1.81. The van der Waals surface area contributed by atoms with Crippen LogP contribution in [0.1, 0.15) is 38.4 Å². The molecule has 7 nitrogen and oxygen atoms in total. The Hall–Kier alpha value is -3.42. The van der Waals surface area contributed by atoms with Crippen molar-refractivity contribution in [3.8, 4) is 0 Å². The van der Waals surface area contributed by atoms with Crippen molar-refractivity contribution in [3.05, 3.63) is 88.4 Å². The van der Waals surface area contributed by atoms with E-state index in [1.54, 1.807) is 4.68 Å². The first kappa shape index (κ1) is 21.4. The number of aromatic amines is 1. The van der Waals surface area contributed by atoms with Gasteiger partial charge < -0.3 is 15.4 Å². The van der Waals surface area contributed by atoms with Gasteiger partial charge in [-0.3, -0.25) is 14.4 Å². The number of amides is 1. The zero-order valence-electron chi connectivity index (χ0n) is 18.8. The average Bonchev–Trinajstić information content (AvgIpc) is 3.39. The summed E-state index contributed by atoms with van der Waals surface area (Å²) in [6, 6.07) is 16.4. The van der Waals surface area contributed by atoms with E-state index in [2.05, 4.69) is 50.8 Å². The Kier molecular flexibility index (Phi) is 5.98. The van der Waals surface area contributed by atoms with Crippen LogP contribution in [0.5, 0.6) is 0 Å². The van der Waals surface area contributed by atoms with Gasteiger partial charge in [-0.1, -0.05) is 48.0 Å². The van der Waals surface area contributed by atoms with Gasteiger partial charge in [-0.25, -0.2) is 0 Å². The van der Waals surface area contributed by atoms with E-state index in [1.165, 1.54) is 16.5 Å². The number of carbonyl (C=O) groups is 1. The Balaban J connectivity index is 1.36. The first-order valence-electron chi connectivity index (χ1n) is 11.4. The summed E-state index contributed by atoms with van der Waals surface area (Å²) in [5.41, 5.74) is 7.11. The number of fused-ring (bicyclic) bond motifs is 2. The van der Waals surface area contributed by atoms with Gasteiger partial charge >= 0.3 is 0 Å². The molecule has 3 N–H and O–H groups in total. The predicted octanol–water partition coefficient (Wildman–Crippen LogP) is 3.15. The van der Waals surface area contributed by atoms with Gasteiger partial charge in [0, 0.05) is 61.0 Å². The van der Waals surface area contributed by atoms with Gasteiger partial charge in [0.25, 0.3) is 5.91 Å². The van der Waals surface area contributed by atoms with Crippen molar-refractivity contribution in [2.45, 2.75) is 39.5 Å². The van der Waals surface area contributed by atoms with E-state index in [1.807, 2.05) is 31.2 Å². The summed E-state index contributed by atoms with van der Waals surface area (Å²) in [6.45, 7) is 5.25. The van der Waals surface area contributed by atoms with Crippen molar-refractivity contribution >= 4 is 16.8 Å². The van der Waals surface area contributed by atoms with Crippen LogP contribution in [0.25, 0.3) is 10.9 Å². The van der Waals surface area contributed by atoms with Gasteiger partial charge in [0.1, 0.15) is 0 Å². The molecule has 0 bridgehead atoms. The number of para-hydroxylation sites is 1. The van der Waals surface area contributed by atoms with Crippen molar-refractivity contribution in [1.82, 2.24) is 25.0 Å². The van der Waals surface area contributed by atoms with Gasteiger partial charge in [0.2, 0.25) is 0 Å². The Bertz CT molecular complexity index is 1290. The Morgan fingerprint density at radius 3 is 2.94 bits per heavy atom. The average molecular weight is 444 g/mol. The molecule has 0 atom stereocenters. The van der Waals surface area contributed by atoms with Crippen molar-refractivity contribution in [3.63, 3.8) is 0 Å². The third kappa shape index (κ3) is 4.42. The highest BCUT2D eigenvalue weighted by Gasteiger charge is 2.28. The van der Waals surface area contributed by atoms with Crippen LogP contribution in [0.15, 0.2) is 54.7 Å². The zero-order chi connectivity index (χ0) is 22.8. The highest BCUT2D eigenvalue weighted by atomic mass is 16.3. The van der Waals surface area contributed by atoms with Crippen molar-refractivity contribution in [1.29, 1.82) is 0 Å². The van der Waals surface area contributed by atoms with Crippen LogP contribution >= 0.6 is 0 Å². The highest BCUT2D eigenvalue weighted by molar-refractivity contribution is 5.94. The number of aliphatic hydroxyl groups excluding tert-OH is 1. The largest absolute Gasteiger partial charge is 0.394 e. The molecule has 7 heteroatoms. The van der Waals surface area contributed by atoms with E-state index in [-0.39, 0.29) is 12.5 Å². The minimum Gasteiger partial charge on any atom is -0.394 e. The fourth-order valence-electron chi connectivity index (χ4n) is 4.74. The Morgan fingerprint density at radius 2 is 2.09 bits per heavy atom. The smallest absolute Gasteiger partial charge is 0.272 e. The number of aliphatic hydroxyl groups is 1. The molecular formula is C26H29N5O2. The van der Waals surface area contributed by atoms with Crippen LogP contribution in [0.3, 0.4) is 0 Å². The standard InChI is InChI=1S/C26H29N5O2/c1-18-5-4-6-19(13-18)14-28-26(33)25-22-17-30(10-9-24(22)31(29-25)11-12-32)16-20-15-27-23-8-3-2-7-21(20)23/h2-8,13,15,27,32H,9-12,14,16-17H2,1H3,(H,28,33). The van der Waals surface area contributed by atoms with Gasteiger partial charge in [-0.2, -0.15) is 5.10 Å². The predicted molar refractivity (Wildman–Crippen MR) is 128 cm³/mol. The number of H-pyrrole nitrogens is 1. The van der Waals surface area contributed by atoms with Crippen molar-refractivity contribution in [2.24, 2.45) is 0 Å². The molecule has 4 aromatic rings. The number of carbonyl (C=O) groups excluding carboxylic acids is 1. The molecule has 0 saturated heterocycles. The molecule has 5 rings (SSSR count). The first-order valence-corrected chi connectivity index (χ1v) is 11.4. The maximum atomic E-state index is 13.1. The molecule has 1 amide bonds. The van der Waals surface area contributed by atoms with E-state index in [9.17, 15) is 9.90 Å². The molecule has 0 unspecified atom stereocenters. The van der Waals surface area contributed by atoms with E-state index >= 15 is 0 Å². The number of benzene rings is 2. The lowest BCUT2D eigenvalue weighted by Gasteiger charge is -2.27. The number of nitrogens with one attached hydrogen (secondary N) is 2. The molecule has 1 aliphatic rings. The molecule has 0 spiro atoms. The molecule has 1 aliphatic heterocycles. The summed E-state index contributed by atoms with van der Waals surface area (Å²) in [5.74, 6) is -0.168. The monoisotopic (exact) mass is 443 g/mol. The van der Waals surface area contributed by atoms with E-state index < -0.39 is 0 Å². The van der Waals surface area contributed by atoms with E-state index in [4.69, 9.17) is 0 Å². The number of aromatic nitrogens is 3. The second kappa shape index (κ2) is 9.21. The fraction of sp³-hybridized carbons (Fsp3) is 0.308. The minimum atomic E-state index is -0.168. The topological polar surface area (TPSA) is 86.2 Å². The summed E-state index contributed by atoms with van der Waals surface area (Å²) in [7, 11) is 0. The molecule has 2 aromatic carbocycles. The van der Waals surface area contributed by atoms with Crippen LogP contribution < -0.4 is 5.32 Å². The van der Waals surface area contributed by atoms with E-state index in [0.29, 0.717) is 25.3 Å². The van der Waals surface area contributed by atoms with Crippen molar-refractivity contribution < 1.29 is 9.90 Å². The molecule has 170 valence electrons. The minimum absolute atomic E-state index is 0.00246. The molecular weight excluding hydrogens is 414 g/mol. The van der Waals surface area contributed by atoms with E-state index in [0.717, 1.165) is 41.8 Å².